The molecular weight excluding hydrogens is 358 g/mol. The number of imide groups is 1. The predicted octanol–water partition coefficient (Wildman–Crippen LogP) is 3.56. The highest BCUT2D eigenvalue weighted by molar-refractivity contribution is 7.11. The predicted molar refractivity (Wildman–Crippen MR) is 106 cm³/mol. The maximum Gasteiger partial charge on any atom is 0.278 e. The molecule has 27 heavy (non-hydrogen) atoms. The van der Waals surface area contributed by atoms with Gasteiger partial charge in [0.25, 0.3) is 11.8 Å². The Hall–Kier alpha value is -3.25. The van der Waals surface area contributed by atoms with Crippen molar-refractivity contribution in [2.45, 2.75) is 6.54 Å². The Bertz CT molecular complexity index is 998. The summed E-state index contributed by atoms with van der Waals surface area (Å²) in [7, 11) is 1.82. The fourth-order valence-corrected chi connectivity index (χ4v) is 3.88. The van der Waals surface area contributed by atoms with Gasteiger partial charge in [-0.25, -0.2) is 0 Å². The van der Waals surface area contributed by atoms with E-state index in [0.717, 1.165) is 16.1 Å². The summed E-state index contributed by atoms with van der Waals surface area (Å²) in [6.07, 6.45) is 3.32. The zero-order chi connectivity index (χ0) is 18.8. The van der Waals surface area contributed by atoms with Gasteiger partial charge in [-0.2, -0.15) is 0 Å². The van der Waals surface area contributed by atoms with Gasteiger partial charge in [0.15, 0.2) is 0 Å². The minimum Gasteiger partial charge on any atom is -0.339 e. The molecule has 0 atom stereocenters. The summed E-state index contributed by atoms with van der Waals surface area (Å²) in [5, 5.41) is 1.91. The van der Waals surface area contributed by atoms with E-state index in [1.165, 1.54) is 16.2 Å². The number of likely N-dealkylation sites (N-methyl/N-ethyl adjacent to an activating group) is 1. The van der Waals surface area contributed by atoms with Gasteiger partial charge in [-0.05, 0) is 41.3 Å². The number of pyridine rings is 1. The molecular formula is C21H17N3O2S. The molecule has 0 N–H and O–H groups in total. The standard InChI is InChI=1S/C21H17N3O2S/c1-23(16-6-3-2-4-7-16)19-18(17-8-5-13-27-17)20(25)24(21(19)26)14-15-9-11-22-12-10-15/h2-13H,14H2,1H3. The van der Waals surface area contributed by atoms with Crippen LogP contribution in [-0.2, 0) is 16.1 Å². The molecule has 0 saturated carbocycles. The molecule has 1 aromatic carbocycles. The quantitative estimate of drug-likeness (QED) is 0.640. The van der Waals surface area contributed by atoms with E-state index in [0.29, 0.717) is 11.3 Å². The van der Waals surface area contributed by atoms with Crippen molar-refractivity contribution in [2.75, 3.05) is 11.9 Å². The van der Waals surface area contributed by atoms with Crippen LogP contribution in [0.15, 0.2) is 78.1 Å². The molecule has 0 radical (unpaired) electrons. The van der Waals surface area contributed by atoms with Crippen LogP contribution in [0.3, 0.4) is 0 Å². The van der Waals surface area contributed by atoms with Crippen LogP contribution in [0.25, 0.3) is 5.57 Å². The van der Waals surface area contributed by atoms with E-state index in [9.17, 15) is 9.59 Å². The topological polar surface area (TPSA) is 53.5 Å². The first-order valence-corrected chi connectivity index (χ1v) is 9.37. The van der Waals surface area contributed by atoms with Crippen LogP contribution < -0.4 is 4.90 Å². The van der Waals surface area contributed by atoms with Crippen molar-refractivity contribution in [3.63, 3.8) is 0 Å². The Morgan fingerprint density at radius 1 is 0.963 bits per heavy atom. The van der Waals surface area contributed by atoms with E-state index in [4.69, 9.17) is 0 Å². The summed E-state index contributed by atoms with van der Waals surface area (Å²) in [6, 6.07) is 17.0. The first-order valence-electron chi connectivity index (χ1n) is 8.49. The molecule has 134 valence electrons. The Morgan fingerprint density at radius 3 is 2.37 bits per heavy atom. The van der Waals surface area contributed by atoms with Crippen molar-refractivity contribution >= 4 is 34.4 Å². The molecule has 5 nitrogen and oxygen atoms in total. The number of hydrogen-bond donors (Lipinski definition) is 0. The minimum absolute atomic E-state index is 0.223. The van der Waals surface area contributed by atoms with Crippen LogP contribution in [0.5, 0.6) is 0 Å². The van der Waals surface area contributed by atoms with Crippen LogP contribution >= 0.6 is 11.3 Å². The second-order valence-electron chi connectivity index (χ2n) is 6.15. The Kier molecular flexibility index (Phi) is 4.56. The number of carbonyl (C=O) groups excluding carboxylic acids is 2. The zero-order valence-electron chi connectivity index (χ0n) is 14.7. The molecule has 2 amide bonds. The average Bonchev–Trinajstić information content (AvgIpc) is 3.31. The lowest BCUT2D eigenvalue weighted by molar-refractivity contribution is -0.137. The highest BCUT2D eigenvalue weighted by atomic mass is 32.1. The first-order chi connectivity index (χ1) is 13.2. The summed E-state index contributed by atoms with van der Waals surface area (Å²) in [6.45, 7) is 0.223. The number of hydrogen-bond acceptors (Lipinski definition) is 5. The molecule has 0 spiro atoms. The van der Waals surface area contributed by atoms with E-state index in [2.05, 4.69) is 4.98 Å². The number of benzene rings is 1. The normalized spacial score (nSPS) is 14.2. The van der Waals surface area contributed by atoms with Crippen LogP contribution in [0.2, 0.25) is 0 Å². The van der Waals surface area contributed by atoms with Crippen molar-refractivity contribution < 1.29 is 9.59 Å². The minimum atomic E-state index is -0.286. The van der Waals surface area contributed by atoms with Crippen LogP contribution in [0.1, 0.15) is 10.4 Å². The lowest BCUT2D eigenvalue weighted by Crippen LogP contribution is -2.33. The highest BCUT2D eigenvalue weighted by Crippen LogP contribution is 2.35. The van der Waals surface area contributed by atoms with Crippen molar-refractivity contribution in [1.82, 2.24) is 9.88 Å². The van der Waals surface area contributed by atoms with E-state index in [1.807, 2.05) is 67.0 Å². The molecule has 2 aromatic heterocycles. The van der Waals surface area contributed by atoms with Crippen molar-refractivity contribution in [3.8, 4) is 0 Å². The smallest absolute Gasteiger partial charge is 0.278 e. The second-order valence-corrected chi connectivity index (χ2v) is 7.10. The van der Waals surface area contributed by atoms with Crippen LogP contribution in [-0.4, -0.2) is 28.7 Å². The van der Waals surface area contributed by atoms with Gasteiger partial charge in [-0.15, -0.1) is 11.3 Å². The van der Waals surface area contributed by atoms with Crippen LogP contribution in [0, 0.1) is 0 Å². The van der Waals surface area contributed by atoms with Gasteiger partial charge < -0.3 is 4.90 Å². The fourth-order valence-electron chi connectivity index (χ4n) is 3.11. The van der Waals surface area contributed by atoms with Gasteiger partial charge in [-0.1, -0.05) is 24.3 Å². The van der Waals surface area contributed by atoms with Gasteiger partial charge in [0.05, 0.1) is 12.1 Å². The Labute approximate surface area is 161 Å². The number of nitrogens with zero attached hydrogens (tertiary/aromatic N) is 3. The molecule has 0 bridgehead atoms. The molecule has 0 saturated heterocycles. The molecule has 0 aliphatic carbocycles. The summed E-state index contributed by atoms with van der Waals surface area (Å²) in [4.78, 5) is 34.3. The van der Waals surface area contributed by atoms with E-state index < -0.39 is 0 Å². The van der Waals surface area contributed by atoms with Crippen LogP contribution in [0.4, 0.5) is 5.69 Å². The molecule has 4 rings (SSSR count). The van der Waals surface area contributed by atoms with E-state index >= 15 is 0 Å². The molecule has 0 fully saturated rings. The maximum atomic E-state index is 13.2. The largest absolute Gasteiger partial charge is 0.339 e. The molecule has 3 aromatic rings. The summed E-state index contributed by atoms with van der Waals surface area (Å²) < 4.78 is 0. The maximum absolute atomic E-state index is 13.2. The van der Waals surface area contributed by atoms with Gasteiger partial charge in [0.2, 0.25) is 0 Å². The average molecular weight is 375 g/mol. The molecule has 3 heterocycles. The molecule has 1 aliphatic rings. The zero-order valence-corrected chi connectivity index (χ0v) is 15.5. The molecule has 1 aliphatic heterocycles. The van der Waals surface area contributed by atoms with Crippen molar-refractivity contribution in [2.24, 2.45) is 0 Å². The third-order valence-corrected chi connectivity index (χ3v) is 5.37. The first kappa shape index (κ1) is 17.2. The summed E-state index contributed by atoms with van der Waals surface area (Å²) in [5.41, 5.74) is 2.58. The number of thiophene rings is 1. The Balaban J connectivity index is 1.77. The lowest BCUT2D eigenvalue weighted by Gasteiger charge is -2.21. The number of para-hydroxylation sites is 1. The fraction of sp³-hybridized carbons (Fsp3) is 0.0952. The Morgan fingerprint density at radius 2 is 1.70 bits per heavy atom. The second kappa shape index (κ2) is 7.17. The molecule has 0 unspecified atom stereocenters. The van der Waals surface area contributed by atoms with E-state index in [1.54, 1.807) is 17.3 Å². The van der Waals surface area contributed by atoms with Gasteiger partial charge >= 0.3 is 0 Å². The third-order valence-electron chi connectivity index (χ3n) is 4.48. The number of rotatable bonds is 5. The van der Waals surface area contributed by atoms with Gasteiger partial charge in [0, 0.05) is 30.0 Å². The van der Waals surface area contributed by atoms with Gasteiger partial charge in [0.1, 0.15) is 5.70 Å². The lowest BCUT2D eigenvalue weighted by atomic mass is 10.1. The van der Waals surface area contributed by atoms with Crippen molar-refractivity contribution in [1.29, 1.82) is 0 Å². The summed E-state index contributed by atoms with van der Waals surface area (Å²) >= 11 is 1.46. The third kappa shape index (κ3) is 3.15. The number of carbonyl (C=O) groups is 2. The van der Waals surface area contributed by atoms with Gasteiger partial charge in [-0.3, -0.25) is 19.5 Å². The number of aromatic nitrogens is 1. The highest BCUT2D eigenvalue weighted by Gasteiger charge is 2.41. The molecule has 6 heteroatoms. The number of amides is 2. The van der Waals surface area contributed by atoms with Crippen molar-refractivity contribution in [3.05, 3.63) is 88.5 Å². The van der Waals surface area contributed by atoms with E-state index in [-0.39, 0.29) is 18.4 Å². The number of anilines is 1. The monoisotopic (exact) mass is 375 g/mol. The summed E-state index contributed by atoms with van der Waals surface area (Å²) in [5.74, 6) is -0.552. The SMILES string of the molecule is CN(C1=C(c2cccs2)C(=O)N(Cc2ccncc2)C1=O)c1ccccc1.